The van der Waals surface area contributed by atoms with E-state index >= 15 is 0 Å². The summed E-state index contributed by atoms with van der Waals surface area (Å²) in [6.45, 7) is 11.8. The molecule has 0 bridgehead atoms. The van der Waals surface area contributed by atoms with Gasteiger partial charge in [-0.15, -0.1) is 0 Å². The van der Waals surface area contributed by atoms with Crippen molar-refractivity contribution >= 4 is 0 Å². The standard InChI is InChI=1S/C11H20O/c1-8(2)6-7-10(5)11(12)9(3)4/h6,10-12H,3,7H2,1-2,4-5H3. The second-order valence-electron chi connectivity index (χ2n) is 3.79. The Morgan fingerprint density at radius 3 is 2.25 bits per heavy atom. The molecule has 0 aliphatic heterocycles. The molecule has 0 spiro atoms. The molecule has 0 aliphatic carbocycles. The van der Waals surface area contributed by atoms with Gasteiger partial charge in [-0.05, 0) is 33.1 Å². The average molecular weight is 168 g/mol. The molecule has 1 heteroatoms. The Hall–Kier alpha value is -0.560. The van der Waals surface area contributed by atoms with Gasteiger partial charge in [0.25, 0.3) is 0 Å². The largest absolute Gasteiger partial charge is 0.388 e. The van der Waals surface area contributed by atoms with E-state index in [2.05, 4.69) is 26.5 Å². The maximum atomic E-state index is 9.58. The number of hydrogen-bond acceptors (Lipinski definition) is 1. The summed E-state index contributed by atoms with van der Waals surface area (Å²) in [7, 11) is 0. The lowest BCUT2D eigenvalue weighted by Crippen LogP contribution is -2.17. The molecule has 0 aliphatic rings. The maximum Gasteiger partial charge on any atom is 0.0773 e. The van der Waals surface area contributed by atoms with Crippen LogP contribution in [0.4, 0.5) is 0 Å². The predicted molar refractivity (Wildman–Crippen MR) is 54.0 cm³/mol. The number of allylic oxidation sites excluding steroid dienone is 2. The van der Waals surface area contributed by atoms with Crippen molar-refractivity contribution in [3.05, 3.63) is 23.8 Å². The average Bonchev–Trinajstić information content (AvgIpc) is 1.98. The minimum atomic E-state index is -0.361. The second-order valence-corrected chi connectivity index (χ2v) is 3.79. The molecule has 0 saturated heterocycles. The van der Waals surface area contributed by atoms with Crippen molar-refractivity contribution in [3.8, 4) is 0 Å². The quantitative estimate of drug-likeness (QED) is 0.640. The van der Waals surface area contributed by atoms with E-state index in [1.807, 2.05) is 13.8 Å². The number of rotatable bonds is 4. The number of aliphatic hydroxyl groups is 1. The van der Waals surface area contributed by atoms with Gasteiger partial charge < -0.3 is 5.11 Å². The first-order chi connectivity index (χ1) is 5.45. The molecule has 0 aromatic carbocycles. The normalized spacial score (nSPS) is 15.1. The number of aliphatic hydroxyl groups excluding tert-OH is 1. The third-order valence-corrected chi connectivity index (χ3v) is 1.94. The third-order valence-electron chi connectivity index (χ3n) is 1.94. The van der Waals surface area contributed by atoms with Crippen LogP contribution in [0, 0.1) is 5.92 Å². The van der Waals surface area contributed by atoms with Gasteiger partial charge in [0.05, 0.1) is 6.10 Å². The van der Waals surface area contributed by atoms with E-state index in [1.165, 1.54) is 5.57 Å². The molecular weight excluding hydrogens is 148 g/mol. The zero-order valence-electron chi connectivity index (χ0n) is 8.59. The van der Waals surface area contributed by atoms with Crippen LogP contribution in [-0.2, 0) is 0 Å². The van der Waals surface area contributed by atoms with Crippen LogP contribution in [0.5, 0.6) is 0 Å². The molecule has 0 amide bonds. The molecule has 12 heavy (non-hydrogen) atoms. The lowest BCUT2D eigenvalue weighted by Gasteiger charge is -2.17. The lowest BCUT2D eigenvalue weighted by molar-refractivity contribution is 0.152. The Morgan fingerprint density at radius 1 is 1.42 bits per heavy atom. The van der Waals surface area contributed by atoms with E-state index in [1.54, 1.807) is 0 Å². The summed E-state index contributed by atoms with van der Waals surface area (Å²) in [6.07, 6.45) is 2.72. The Kier molecular flexibility index (Phi) is 4.91. The fourth-order valence-electron chi connectivity index (χ4n) is 1.04. The molecule has 1 nitrogen and oxygen atoms in total. The number of hydrogen-bond donors (Lipinski definition) is 1. The molecular formula is C11H20O. The van der Waals surface area contributed by atoms with E-state index in [0.29, 0.717) is 0 Å². The Morgan fingerprint density at radius 2 is 1.92 bits per heavy atom. The first-order valence-corrected chi connectivity index (χ1v) is 4.42. The van der Waals surface area contributed by atoms with Crippen molar-refractivity contribution in [2.45, 2.75) is 40.2 Å². The van der Waals surface area contributed by atoms with Crippen molar-refractivity contribution in [2.75, 3.05) is 0 Å². The van der Waals surface area contributed by atoms with Crippen molar-refractivity contribution in [1.82, 2.24) is 0 Å². The highest BCUT2D eigenvalue weighted by Crippen LogP contribution is 2.15. The van der Waals surface area contributed by atoms with Gasteiger partial charge in [-0.1, -0.05) is 30.7 Å². The van der Waals surface area contributed by atoms with Gasteiger partial charge in [-0.3, -0.25) is 0 Å². The van der Waals surface area contributed by atoms with Crippen LogP contribution in [0.1, 0.15) is 34.1 Å². The summed E-state index contributed by atoms with van der Waals surface area (Å²) < 4.78 is 0. The SMILES string of the molecule is C=C(C)C(O)C(C)CC=C(C)C. The first-order valence-electron chi connectivity index (χ1n) is 4.42. The van der Waals surface area contributed by atoms with Crippen LogP contribution in [-0.4, -0.2) is 11.2 Å². The highest BCUT2D eigenvalue weighted by Gasteiger charge is 2.12. The Bertz CT molecular complexity index is 175. The summed E-state index contributed by atoms with van der Waals surface area (Å²) in [5.74, 6) is 0.275. The molecule has 70 valence electrons. The molecule has 0 saturated carbocycles. The van der Waals surface area contributed by atoms with Gasteiger partial charge >= 0.3 is 0 Å². The van der Waals surface area contributed by atoms with Gasteiger partial charge in [-0.2, -0.15) is 0 Å². The van der Waals surface area contributed by atoms with Crippen molar-refractivity contribution in [2.24, 2.45) is 5.92 Å². The fourth-order valence-corrected chi connectivity index (χ4v) is 1.04. The summed E-state index contributed by atoms with van der Waals surface area (Å²) >= 11 is 0. The van der Waals surface area contributed by atoms with Gasteiger partial charge in [0.15, 0.2) is 0 Å². The summed E-state index contributed by atoms with van der Waals surface area (Å²) in [5.41, 5.74) is 2.15. The van der Waals surface area contributed by atoms with Crippen molar-refractivity contribution in [1.29, 1.82) is 0 Å². The summed E-state index contributed by atoms with van der Waals surface area (Å²) in [5, 5.41) is 9.58. The molecule has 0 rings (SSSR count). The fraction of sp³-hybridized carbons (Fsp3) is 0.636. The van der Waals surface area contributed by atoms with Crippen molar-refractivity contribution in [3.63, 3.8) is 0 Å². The molecule has 0 radical (unpaired) electrons. The van der Waals surface area contributed by atoms with Gasteiger partial charge in [0.2, 0.25) is 0 Å². The van der Waals surface area contributed by atoms with Gasteiger partial charge in [0, 0.05) is 0 Å². The van der Waals surface area contributed by atoms with E-state index in [4.69, 9.17) is 0 Å². The lowest BCUT2D eigenvalue weighted by atomic mass is 9.95. The highest BCUT2D eigenvalue weighted by molar-refractivity contribution is 5.02. The van der Waals surface area contributed by atoms with E-state index in [0.717, 1.165) is 12.0 Å². The molecule has 1 N–H and O–H groups in total. The van der Waals surface area contributed by atoms with Crippen LogP contribution >= 0.6 is 0 Å². The monoisotopic (exact) mass is 168 g/mol. The minimum Gasteiger partial charge on any atom is -0.388 e. The molecule has 2 unspecified atom stereocenters. The highest BCUT2D eigenvalue weighted by atomic mass is 16.3. The third kappa shape index (κ3) is 4.35. The zero-order chi connectivity index (χ0) is 9.72. The van der Waals surface area contributed by atoms with E-state index in [-0.39, 0.29) is 12.0 Å². The molecule has 2 atom stereocenters. The van der Waals surface area contributed by atoms with Crippen LogP contribution < -0.4 is 0 Å². The first kappa shape index (κ1) is 11.4. The van der Waals surface area contributed by atoms with E-state index < -0.39 is 0 Å². The van der Waals surface area contributed by atoms with Crippen LogP contribution in [0.2, 0.25) is 0 Å². The van der Waals surface area contributed by atoms with Crippen LogP contribution in [0.3, 0.4) is 0 Å². The van der Waals surface area contributed by atoms with E-state index in [9.17, 15) is 5.11 Å². The molecule has 0 aromatic heterocycles. The maximum absolute atomic E-state index is 9.58. The van der Waals surface area contributed by atoms with Crippen LogP contribution in [0.25, 0.3) is 0 Å². The smallest absolute Gasteiger partial charge is 0.0773 e. The Labute approximate surface area is 75.8 Å². The molecule has 0 fully saturated rings. The Balaban J connectivity index is 3.95. The zero-order valence-corrected chi connectivity index (χ0v) is 8.59. The summed E-state index contributed by atoms with van der Waals surface area (Å²) in [6, 6.07) is 0. The minimum absolute atomic E-state index is 0.275. The van der Waals surface area contributed by atoms with Gasteiger partial charge in [-0.25, -0.2) is 0 Å². The second kappa shape index (κ2) is 5.15. The van der Waals surface area contributed by atoms with Crippen LogP contribution in [0.15, 0.2) is 23.8 Å². The van der Waals surface area contributed by atoms with Gasteiger partial charge in [0.1, 0.15) is 0 Å². The topological polar surface area (TPSA) is 20.2 Å². The predicted octanol–water partition coefficient (Wildman–Crippen LogP) is 2.92. The summed E-state index contributed by atoms with van der Waals surface area (Å²) in [4.78, 5) is 0. The molecule has 0 heterocycles. The van der Waals surface area contributed by atoms with Crippen molar-refractivity contribution < 1.29 is 5.11 Å². The molecule has 0 aromatic rings.